The SMILES string of the molecule is CCCOCCCN1C(=O)C(C(C)CC)NC1C. The minimum Gasteiger partial charge on any atom is -0.381 e. The fraction of sp³-hybridized carbons (Fsp3) is 0.929. The number of nitrogens with zero attached hydrogens (tertiary/aromatic N) is 1. The summed E-state index contributed by atoms with van der Waals surface area (Å²) < 4.78 is 5.45. The number of ether oxygens (including phenoxy) is 1. The van der Waals surface area contributed by atoms with Crippen LogP contribution in [0.2, 0.25) is 0 Å². The third-order valence-corrected chi connectivity index (χ3v) is 3.69. The zero-order valence-corrected chi connectivity index (χ0v) is 12.2. The largest absolute Gasteiger partial charge is 0.381 e. The summed E-state index contributed by atoms with van der Waals surface area (Å²) in [5.74, 6) is 0.661. The highest BCUT2D eigenvalue weighted by molar-refractivity contribution is 5.84. The molecule has 3 atom stereocenters. The smallest absolute Gasteiger partial charge is 0.241 e. The summed E-state index contributed by atoms with van der Waals surface area (Å²) in [6, 6.07) is 0.00144. The number of rotatable bonds is 8. The molecular formula is C14H28N2O2. The number of hydrogen-bond acceptors (Lipinski definition) is 3. The lowest BCUT2D eigenvalue weighted by molar-refractivity contribution is -0.130. The highest BCUT2D eigenvalue weighted by Gasteiger charge is 2.38. The van der Waals surface area contributed by atoms with Gasteiger partial charge in [-0.05, 0) is 25.7 Å². The van der Waals surface area contributed by atoms with Crippen LogP contribution in [0.3, 0.4) is 0 Å². The van der Waals surface area contributed by atoms with E-state index >= 15 is 0 Å². The fourth-order valence-electron chi connectivity index (χ4n) is 2.32. The molecule has 1 fully saturated rings. The quantitative estimate of drug-likeness (QED) is 0.675. The highest BCUT2D eigenvalue weighted by atomic mass is 16.5. The van der Waals surface area contributed by atoms with Crippen molar-refractivity contribution in [3.8, 4) is 0 Å². The zero-order chi connectivity index (χ0) is 13.5. The van der Waals surface area contributed by atoms with Crippen molar-refractivity contribution < 1.29 is 9.53 Å². The second-order valence-electron chi connectivity index (χ2n) is 5.20. The molecule has 1 amide bonds. The molecule has 106 valence electrons. The van der Waals surface area contributed by atoms with Crippen LogP contribution in [-0.4, -0.2) is 42.8 Å². The van der Waals surface area contributed by atoms with Crippen LogP contribution in [0.4, 0.5) is 0 Å². The van der Waals surface area contributed by atoms with Crippen LogP contribution in [0, 0.1) is 5.92 Å². The van der Waals surface area contributed by atoms with Gasteiger partial charge in [0.25, 0.3) is 0 Å². The summed E-state index contributed by atoms with van der Waals surface area (Å²) in [7, 11) is 0. The Bertz CT molecular complexity index is 258. The summed E-state index contributed by atoms with van der Waals surface area (Å²) in [6.07, 6.45) is 3.16. The lowest BCUT2D eigenvalue weighted by atomic mass is 9.99. The van der Waals surface area contributed by atoms with Crippen molar-refractivity contribution in [2.45, 2.75) is 59.2 Å². The second kappa shape index (κ2) is 7.74. The molecule has 1 N–H and O–H groups in total. The fourth-order valence-corrected chi connectivity index (χ4v) is 2.32. The maximum absolute atomic E-state index is 12.3. The molecule has 1 aliphatic heterocycles. The van der Waals surface area contributed by atoms with Crippen LogP contribution in [-0.2, 0) is 9.53 Å². The van der Waals surface area contributed by atoms with Crippen molar-refractivity contribution >= 4 is 5.91 Å². The Morgan fingerprint density at radius 1 is 1.39 bits per heavy atom. The summed E-state index contributed by atoms with van der Waals surface area (Å²) in [5.41, 5.74) is 0. The van der Waals surface area contributed by atoms with Gasteiger partial charge in [-0.15, -0.1) is 0 Å². The average molecular weight is 256 g/mol. The van der Waals surface area contributed by atoms with Gasteiger partial charge in [-0.1, -0.05) is 27.2 Å². The molecule has 0 bridgehead atoms. The Kier molecular flexibility index (Phi) is 6.65. The topological polar surface area (TPSA) is 41.6 Å². The molecule has 0 radical (unpaired) electrons. The molecule has 3 unspecified atom stereocenters. The Labute approximate surface area is 111 Å². The van der Waals surface area contributed by atoms with Crippen molar-refractivity contribution in [3.05, 3.63) is 0 Å². The van der Waals surface area contributed by atoms with Gasteiger partial charge in [0.05, 0.1) is 12.2 Å². The van der Waals surface area contributed by atoms with Gasteiger partial charge < -0.3 is 9.64 Å². The predicted molar refractivity (Wildman–Crippen MR) is 73.3 cm³/mol. The Balaban J connectivity index is 2.35. The molecule has 4 heteroatoms. The van der Waals surface area contributed by atoms with Gasteiger partial charge in [0.1, 0.15) is 0 Å². The molecule has 0 spiro atoms. The minimum atomic E-state index is 0.00144. The first kappa shape index (κ1) is 15.4. The number of carbonyl (C=O) groups is 1. The number of hydrogen-bond donors (Lipinski definition) is 1. The van der Waals surface area contributed by atoms with E-state index < -0.39 is 0 Å². The molecule has 18 heavy (non-hydrogen) atoms. The van der Waals surface area contributed by atoms with Crippen molar-refractivity contribution in [2.24, 2.45) is 5.92 Å². The predicted octanol–water partition coefficient (Wildman–Crippen LogP) is 2.00. The molecule has 0 aromatic rings. The zero-order valence-electron chi connectivity index (χ0n) is 12.2. The third-order valence-electron chi connectivity index (χ3n) is 3.69. The van der Waals surface area contributed by atoms with Crippen LogP contribution in [0.15, 0.2) is 0 Å². The molecule has 1 aliphatic rings. The first-order chi connectivity index (χ1) is 8.61. The van der Waals surface area contributed by atoms with E-state index in [1.807, 2.05) is 4.90 Å². The number of carbonyl (C=O) groups excluding carboxylic acids is 1. The highest BCUT2D eigenvalue weighted by Crippen LogP contribution is 2.19. The van der Waals surface area contributed by atoms with Crippen molar-refractivity contribution in [1.82, 2.24) is 10.2 Å². The van der Waals surface area contributed by atoms with E-state index in [1.165, 1.54) is 0 Å². The maximum atomic E-state index is 12.3. The van der Waals surface area contributed by atoms with E-state index in [4.69, 9.17) is 4.74 Å². The van der Waals surface area contributed by atoms with Gasteiger partial charge >= 0.3 is 0 Å². The molecule has 0 aromatic heterocycles. The van der Waals surface area contributed by atoms with Crippen molar-refractivity contribution in [3.63, 3.8) is 0 Å². The maximum Gasteiger partial charge on any atom is 0.241 e. The standard InChI is InChI=1S/C14H28N2O2/c1-5-9-18-10-7-8-16-12(4)15-13(14(16)17)11(3)6-2/h11-13,15H,5-10H2,1-4H3. The Hall–Kier alpha value is -0.610. The summed E-state index contributed by atoms with van der Waals surface area (Å²) >= 11 is 0. The van der Waals surface area contributed by atoms with Crippen molar-refractivity contribution in [2.75, 3.05) is 19.8 Å². The monoisotopic (exact) mass is 256 g/mol. The summed E-state index contributed by atoms with van der Waals surface area (Å²) in [6.45, 7) is 10.8. The second-order valence-corrected chi connectivity index (χ2v) is 5.20. The normalized spacial score (nSPS) is 25.8. The molecule has 1 heterocycles. The van der Waals surface area contributed by atoms with Gasteiger partial charge in [0.15, 0.2) is 0 Å². The molecule has 0 aromatic carbocycles. The van der Waals surface area contributed by atoms with E-state index in [0.29, 0.717) is 5.92 Å². The Morgan fingerprint density at radius 2 is 2.11 bits per heavy atom. The molecular weight excluding hydrogens is 228 g/mol. The average Bonchev–Trinajstić information content (AvgIpc) is 2.65. The van der Waals surface area contributed by atoms with Gasteiger partial charge in [-0.25, -0.2) is 0 Å². The Morgan fingerprint density at radius 3 is 2.72 bits per heavy atom. The van der Waals surface area contributed by atoms with Crippen molar-refractivity contribution in [1.29, 1.82) is 0 Å². The number of amides is 1. The van der Waals surface area contributed by atoms with Crippen LogP contribution in [0.5, 0.6) is 0 Å². The van der Waals surface area contributed by atoms with E-state index in [1.54, 1.807) is 0 Å². The van der Waals surface area contributed by atoms with Gasteiger partial charge in [0, 0.05) is 19.8 Å². The molecule has 0 aliphatic carbocycles. The van der Waals surface area contributed by atoms with Crippen LogP contribution in [0.1, 0.15) is 47.0 Å². The van der Waals surface area contributed by atoms with E-state index in [9.17, 15) is 4.79 Å². The van der Waals surface area contributed by atoms with E-state index in [0.717, 1.165) is 39.0 Å². The number of nitrogens with one attached hydrogen (secondary N) is 1. The van der Waals surface area contributed by atoms with E-state index in [2.05, 4.69) is 33.0 Å². The van der Waals surface area contributed by atoms with Gasteiger partial charge in [-0.2, -0.15) is 0 Å². The lowest BCUT2D eigenvalue weighted by Gasteiger charge is -2.20. The van der Waals surface area contributed by atoms with Gasteiger partial charge in [0.2, 0.25) is 5.91 Å². The van der Waals surface area contributed by atoms with Gasteiger partial charge in [-0.3, -0.25) is 10.1 Å². The molecule has 1 rings (SSSR count). The van der Waals surface area contributed by atoms with Crippen LogP contribution >= 0.6 is 0 Å². The molecule has 0 saturated carbocycles. The summed E-state index contributed by atoms with van der Waals surface area (Å²) in [5, 5.41) is 3.39. The summed E-state index contributed by atoms with van der Waals surface area (Å²) in [4.78, 5) is 14.2. The minimum absolute atomic E-state index is 0.00144. The van der Waals surface area contributed by atoms with Crippen LogP contribution in [0.25, 0.3) is 0 Å². The molecule has 1 saturated heterocycles. The first-order valence-corrected chi connectivity index (χ1v) is 7.26. The first-order valence-electron chi connectivity index (χ1n) is 7.26. The van der Waals surface area contributed by atoms with Crippen LogP contribution < -0.4 is 5.32 Å². The molecule has 4 nitrogen and oxygen atoms in total. The lowest BCUT2D eigenvalue weighted by Crippen LogP contribution is -2.36. The van der Waals surface area contributed by atoms with E-state index in [-0.39, 0.29) is 18.1 Å². The third kappa shape index (κ3) is 3.95.